The summed E-state index contributed by atoms with van der Waals surface area (Å²) in [6, 6.07) is 4.90. The Hall–Kier alpha value is -1.26. The van der Waals surface area contributed by atoms with Crippen molar-refractivity contribution in [2.75, 3.05) is 13.7 Å². The van der Waals surface area contributed by atoms with E-state index in [-0.39, 0.29) is 5.91 Å². The summed E-state index contributed by atoms with van der Waals surface area (Å²) in [5, 5.41) is 3.31. The maximum Gasteiger partial charge on any atom is 0.255 e. The lowest BCUT2D eigenvalue weighted by atomic mass is 10.0. The van der Waals surface area contributed by atoms with Crippen molar-refractivity contribution in [1.29, 1.82) is 0 Å². The average molecular weight is 257 g/mol. The molecule has 0 aromatic heterocycles. The van der Waals surface area contributed by atoms with Gasteiger partial charge >= 0.3 is 0 Å². The molecule has 3 N–H and O–H groups in total. The molecule has 0 aliphatic rings. The summed E-state index contributed by atoms with van der Waals surface area (Å²) in [5.41, 5.74) is 5.50. The maximum atomic E-state index is 12.0. The fourth-order valence-corrected chi connectivity index (χ4v) is 1.46. The minimum absolute atomic E-state index is 0.250. The van der Waals surface area contributed by atoms with Gasteiger partial charge in [0.1, 0.15) is 5.75 Å². The zero-order chi connectivity index (χ0) is 13.1. The van der Waals surface area contributed by atoms with Crippen LogP contribution in [0.15, 0.2) is 18.2 Å². The summed E-state index contributed by atoms with van der Waals surface area (Å²) in [6.45, 7) is 4.05. The van der Waals surface area contributed by atoms with Gasteiger partial charge in [-0.25, -0.2) is 0 Å². The molecular formula is C12H17ClN2O2. The van der Waals surface area contributed by atoms with Gasteiger partial charge in [-0.05, 0) is 32.0 Å². The predicted octanol–water partition coefficient (Wildman–Crippen LogP) is 1.82. The van der Waals surface area contributed by atoms with Crippen molar-refractivity contribution in [3.63, 3.8) is 0 Å². The molecule has 94 valence electrons. The first-order valence-electron chi connectivity index (χ1n) is 5.26. The second-order valence-electron chi connectivity index (χ2n) is 4.39. The highest BCUT2D eigenvalue weighted by Gasteiger charge is 2.21. The number of benzene rings is 1. The number of ether oxygens (including phenoxy) is 1. The summed E-state index contributed by atoms with van der Waals surface area (Å²) in [6.07, 6.45) is 0. The molecule has 5 heteroatoms. The summed E-state index contributed by atoms with van der Waals surface area (Å²) in [5.74, 6) is 0.236. The summed E-state index contributed by atoms with van der Waals surface area (Å²) < 4.78 is 5.12. The quantitative estimate of drug-likeness (QED) is 0.864. The van der Waals surface area contributed by atoms with E-state index in [4.69, 9.17) is 22.1 Å². The van der Waals surface area contributed by atoms with Crippen LogP contribution in [0.4, 0.5) is 0 Å². The monoisotopic (exact) mass is 256 g/mol. The highest BCUT2D eigenvalue weighted by atomic mass is 35.5. The molecule has 1 aromatic rings. The number of rotatable bonds is 4. The molecule has 0 spiro atoms. The molecule has 1 aromatic carbocycles. The molecule has 0 saturated heterocycles. The van der Waals surface area contributed by atoms with Crippen LogP contribution in [-0.4, -0.2) is 25.1 Å². The van der Waals surface area contributed by atoms with E-state index in [0.717, 1.165) is 0 Å². The van der Waals surface area contributed by atoms with E-state index in [2.05, 4.69) is 5.32 Å². The molecule has 0 heterocycles. The molecule has 0 fully saturated rings. The van der Waals surface area contributed by atoms with Crippen LogP contribution in [-0.2, 0) is 0 Å². The molecule has 17 heavy (non-hydrogen) atoms. The lowest BCUT2D eigenvalue weighted by Gasteiger charge is -2.24. The van der Waals surface area contributed by atoms with Crippen molar-refractivity contribution in [2.45, 2.75) is 19.4 Å². The minimum atomic E-state index is -0.468. The number of nitrogens with one attached hydrogen (secondary N) is 1. The Balaban J connectivity index is 2.99. The van der Waals surface area contributed by atoms with Gasteiger partial charge in [0.25, 0.3) is 5.91 Å². The molecule has 0 saturated carbocycles. The van der Waals surface area contributed by atoms with E-state index >= 15 is 0 Å². The van der Waals surface area contributed by atoms with Gasteiger partial charge in [0.05, 0.1) is 12.7 Å². The number of hydrogen-bond donors (Lipinski definition) is 2. The highest BCUT2D eigenvalue weighted by Crippen LogP contribution is 2.23. The standard InChI is InChI=1S/C12H17ClN2O2/c1-12(2,7-14)15-11(16)9-6-8(13)4-5-10(9)17-3/h4-6H,7,14H2,1-3H3,(H,15,16). The van der Waals surface area contributed by atoms with Crippen molar-refractivity contribution < 1.29 is 9.53 Å². The van der Waals surface area contributed by atoms with E-state index in [9.17, 15) is 4.79 Å². The van der Waals surface area contributed by atoms with Crippen LogP contribution >= 0.6 is 11.6 Å². The number of methoxy groups -OCH3 is 1. The number of carbonyl (C=O) groups is 1. The van der Waals surface area contributed by atoms with Gasteiger partial charge in [0.2, 0.25) is 0 Å². The van der Waals surface area contributed by atoms with Crippen LogP contribution in [0.5, 0.6) is 5.75 Å². The Labute approximate surface area is 106 Å². The maximum absolute atomic E-state index is 12.0. The van der Waals surface area contributed by atoms with Crippen LogP contribution < -0.4 is 15.8 Å². The Morgan fingerprint density at radius 3 is 2.71 bits per heavy atom. The Morgan fingerprint density at radius 2 is 2.18 bits per heavy atom. The van der Waals surface area contributed by atoms with Gasteiger partial charge in [-0.15, -0.1) is 0 Å². The second-order valence-corrected chi connectivity index (χ2v) is 4.82. The van der Waals surface area contributed by atoms with Gasteiger partial charge in [0.15, 0.2) is 0 Å². The van der Waals surface area contributed by atoms with Crippen LogP contribution in [0, 0.1) is 0 Å². The molecule has 0 atom stereocenters. The van der Waals surface area contributed by atoms with Gasteiger partial charge in [-0.1, -0.05) is 11.6 Å². The number of nitrogens with two attached hydrogens (primary N) is 1. The number of halogens is 1. The number of carbonyl (C=O) groups excluding carboxylic acids is 1. The topological polar surface area (TPSA) is 64.3 Å². The van der Waals surface area contributed by atoms with E-state index in [1.54, 1.807) is 18.2 Å². The summed E-state index contributed by atoms with van der Waals surface area (Å²) in [4.78, 5) is 12.0. The zero-order valence-corrected chi connectivity index (χ0v) is 11.0. The lowest BCUT2D eigenvalue weighted by molar-refractivity contribution is 0.0912. The molecule has 0 aliphatic heterocycles. The third-order valence-corrected chi connectivity index (χ3v) is 2.60. The fourth-order valence-electron chi connectivity index (χ4n) is 1.28. The van der Waals surface area contributed by atoms with Crippen molar-refractivity contribution in [3.8, 4) is 5.75 Å². The second kappa shape index (κ2) is 5.38. The smallest absolute Gasteiger partial charge is 0.255 e. The molecule has 4 nitrogen and oxygen atoms in total. The SMILES string of the molecule is COc1ccc(Cl)cc1C(=O)NC(C)(C)CN. The molecular weight excluding hydrogens is 240 g/mol. The van der Waals surface area contributed by atoms with E-state index < -0.39 is 5.54 Å². The Bertz CT molecular complexity index is 419. The van der Waals surface area contributed by atoms with Crippen molar-refractivity contribution >= 4 is 17.5 Å². The molecule has 0 aliphatic carbocycles. The van der Waals surface area contributed by atoms with Gasteiger partial charge in [-0.2, -0.15) is 0 Å². The van der Waals surface area contributed by atoms with E-state index in [1.807, 2.05) is 13.8 Å². The largest absolute Gasteiger partial charge is 0.496 e. The van der Waals surface area contributed by atoms with Crippen LogP contribution in [0.3, 0.4) is 0 Å². The fraction of sp³-hybridized carbons (Fsp3) is 0.417. The van der Waals surface area contributed by atoms with E-state index in [0.29, 0.717) is 22.9 Å². The van der Waals surface area contributed by atoms with Gasteiger partial charge in [0, 0.05) is 17.1 Å². The van der Waals surface area contributed by atoms with Gasteiger partial charge < -0.3 is 15.8 Å². The normalized spacial score (nSPS) is 11.1. The third-order valence-electron chi connectivity index (χ3n) is 2.37. The van der Waals surface area contributed by atoms with E-state index in [1.165, 1.54) is 7.11 Å². The zero-order valence-electron chi connectivity index (χ0n) is 10.2. The summed E-state index contributed by atoms with van der Waals surface area (Å²) >= 11 is 5.86. The lowest BCUT2D eigenvalue weighted by Crippen LogP contribution is -2.48. The Morgan fingerprint density at radius 1 is 1.53 bits per heavy atom. The summed E-state index contributed by atoms with van der Waals surface area (Å²) in [7, 11) is 1.51. The highest BCUT2D eigenvalue weighted by molar-refractivity contribution is 6.31. The van der Waals surface area contributed by atoms with Gasteiger partial charge in [-0.3, -0.25) is 4.79 Å². The number of amides is 1. The third kappa shape index (κ3) is 3.61. The van der Waals surface area contributed by atoms with Crippen LogP contribution in [0.2, 0.25) is 5.02 Å². The Kier molecular flexibility index (Phi) is 4.37. The van der Waals surface area contributed by atoms with Crippen molar-refractivity contribution in [2.24, 2.45) is 5.73 Å². The average Bonchev–Trinajstić information content (AvgIpc) is 2.28. The minimum Gasteiger partial charge on any atom is -0.496 e. The van der Waals surface area contributed by atoms with Crippen molar-refractivity contribution in [3.05, 3.63) is 28.8 Å². The molecule has 0 bridgehead atoms. The first kappa shape index (κ1) is 13.8. The first-order chi connectivity index (χ1) is 7.89. The van der Waals surface area contributed by atoms with Crippen LogP contribution in [0.1, 0.15) is 24.2 Å². The van der Waals surface area contributed by atoms with Crippen molar-refractivity contribution in [1.82, 2.24) is 5.32 Å². The molecule has 0 unspecified atom stereocenters. The molecule has 1 rings (SSSR count). The molecule has 0 radical (unpaired) electrons. The first-order valence-corrected chi connectivity index (χ1v) is 5.63. The predicted molar refractivity (Wildman–Crippen MR) is 68.6 cm³/mol. The molecule has 1 amide bonds. The number of hydrogen-bond acceptors (Lipinski definition) is 3. The van der Waals surface area contributed by atoms with Crippen LogP contribution in [0.25, 0.3) is 0 Å².